The van der Waals surface area contributed by atoms with Crippen molar-refractivity contribution in [3.8, 4) is 23.7 Å². The maximum absolute atomic E-state index is 3.26. The first-order valence-corrected chi connectivity index (χ1v) is 6.56. The maximum atomic E-state index is 3.26. The van der Waals surface area contributed by atoms with Crippen molar-refractivity contribution in [2.45, 2.75) is 0 Å². The molecule has 1 aliphatic carbocycles. The predicted octanol–water partition coefficient (Wildman–Crippen LogP) is 3.95. The molecule has 0 radical (unpaired) electrons. The second-order valence-electron chi connectivity index (χ2n) is 4.79. The molecule has 20 heavy (non-hydrogen) atoms. The van der Waals surface area contributed by atoms with Crippen LogP contribution in [0.2, 0.25) is 0 Å². The first-order valence-electron chi connectivity index (χ1n) is 6.56. The van der Waals surface area contributed by atoms with Crippen molar-refractivity contribution in [1.82, 2.24) is 0 Å². The molecular formula is C20H10. The Kier molecular flexibility index (Phi) is 2.35. The average molecular weight is 250 g/mol. The van der Waals surface area contributed by atoms with Gasteiger partial charge in [-0.05, 0) is 35.0 Å². The molecule has 0 N–H and O–H groups in total. The Morgan fingerprint density at radius 2 is 0.850 bits per heavy atom. The van der Waals surface area contributed by atoms with Crippen LogP contribution in [0.3, 0.4) is 0 Å². The van der Waals surface area contributed by atoms with E-state index in [1.807, 2.05) is 36.4 Å². The summed E-state index contributed by atoms with van der Waals surface area (Å²) in [7, 11) is 0. The van der Waals surface area contributed by atoms with E-state index < -0.39 is 0 Å². The number of fused-ring (bicyclic) bond motifs is 3. The van der Waals surface area contributed by atoms with Crippen LogP contribution in [0.4, 0.5) is 0 Å². The highest BCUT2D eigenvalue weighted by Crippen LogP contribution is 2.20. The molecule has 0 aliphatic heterocycles. The Bertz CT molecular complexity index is 874. The minimum absolute atomic E-state index is 0.999. The summed E-state index contributed by atoms with van der Waals surface area (Å²) in [6.45, 7) is 0. The van der Waals surface area contributed by atoms with Crippen molar-refractivity contribution in [1.29, 1.82) is 0 Å². The highest BCUT2D eigenvalue weighted by Gasteiger charge is 2.04. The van der Waals surface area contributed by atoms with Gasteiger partial charge in [0, 0.05) is 22.3 Å². The summed E-state index contributed by atoms with van der Waals surface area (Å²) in [4.78, 5) is 0. The van der Waals surface area contributed by atoms with E-state index in [0.717, 1.165) is 22.3 Å². The topological polar surface area (TPSA) is 0 Å². The van der Waals surface area contributed by atoms with E-state index in [1.165, 1.54) is 10.8 Å². The molecule has 0 atom stereocenters. The van der Waals surface area contributed by atoms with Gasteiger partial charge in [-0.3, -0.25) is 0 Å². The summed E-state index contributed by atoms with van der Waals surface area (Å²) < 4.78 is 0. The molecular weight excluding hydrogens is 240 g/mol. The molecule has 0 nitrogen and oxygen atoms in total. The Balaban J connectivity index is 2.01. The van der Waals surface area contributed by atoms with Gasteiger partial charge in [-0.25, -0.2) is 0 Å². The smallest absolute Gasteiger partial charge is 0.0412 e. The van der Waals surface area contributed by atoms with Crippen LogP contribution in [0.15, 0.2) is 60.7 Å². The van der Waals surface area contributed by atoms with E-state index in [1.54, 1.807) is 0 Å². The lowest BCUT2D eigenvalue weighted by atomic mass is 9.98. The van der Waals surface area contributed by atoms with Gasteiger partial charge in [0.1, 0.15) is 0 Å². The third-order valence-corrected chi connectivity index (χ3v) is 3.48. The predicted molar refractivity (Wildman–Crippen MR) is 82.4 cm³/mol. The third kappa shape index (κ3) is 1.76. The molecule has 0 amide bonds. The van der Waals surface area contributed by atoms with Crippen molar-refractivity contribution < 1.29 is 0 Å². The second kappa shape index (κ2) is 4.30. The van der Waals surface area contributed by atoms with Crippen LogP contribution in [0.25, 0.3) is 10.8 Å². The lowest BCUT2D eigenvalue weighted by molar-refractivity contribution is 1.56. The molecule has 0 saturated carbocycles. The monoisotopic (exact) mass is 250 g/mol. The average Bonchev–Trinajstić information content (AvgIpc) is 2.49. The van der Waals surface area contributed by atoms with E-state index in [-0.39, 0.29) is 0 Å². The van der Waals surface area contributed by atoms with E-state index in [2.05, 4.69) is 47.9 Å². The maximum Gasteiger partial charge on any atom is 0.0412 e. The SMILES string of the molecule is C1#Cc2cc3ccccc3cc2C#Cc2ccccc21. The zero-order valence-electron chi connectivity index (χ0n) is 10.8. The number of hydrogen-bond donors (Lipinski definition) is 0. The Labute approximate surface area is 118 Å². The molecule has 0 heterocycles. The van der Waals surface area contributed by atoms with E-state index in [4.69, 9.17) is 0 Å². The fourth-order valence-electron chi connectivity index (χ4n) is 2.42. The Morgan fingerprint density at radius 1 is 0.450 bits per heavy atom. The minimum Gasteiger partial charge on any atom is -0.0616 e. The standard InChI is InChI=1S/C20H10/c1-2-6-16-10-12-20-14-18-8-4-3-7-17(18)13-19(20)11-9-15(16)5-1/h1-8,13-14H. The van der Waals surface area contributed by atoms with Gasteiger partial charge in [0.05, 0.1) is 0 Å². The summed E-state index contributed by atoms with van der Waals surface area (Å²) >= 11 is 0. The minimum atomic E-state index is 0.999. The fraction of sp³-hybridized carbons (Fsp3) is 0. The molecule has 0 heteroatoms. The van der Waals surface area contributed by atoms with Crippen LogP contribution in [0.1, 0.15) is 22.3 Å². The van der Waals surface area contributed by atoms with Gasteiger partial charge in [0.15, 0.2) is 0 Å². The van der Waals surface area contributed by atoms with Gasteiger partial charge in [0.2, 0.25) is 0 Å². The van der Waals surface area contributed by atoms with Crippen molar-refractivity contribution in [2.75, 3.05) is 0 Å². The molecule has 90 valence electrons. The lowest BCUT2D eigenvalue weighted by Gasteiger charge is -2.04. The van der Waals surface area contributed by atoms with Crippen LogP contribution in [-0.2, 0) is 0 Å². The molecule has 0 unspecified atom stereocenters. The van der Waals surface area contributed by atoms with Crippen molar-refractivity contribution in [2.24, 2.45) is 0 Å². The molecule has 3 aromatic carbocycles. The van der Waals surface area contributed by atoms with Crippen LogP contribution in [-0.4, -0.2) is 0 Å². The largest absolute Gasteiger partial charge is 0.0616 e. The molecule has 4 rings (SSSR count). The van der Waals surface area contributed by atoms with Crippen LogP contribution >= 0.6 is 0 Å². The zero-order chi connectivity index (χ0) is 13.4. The lowest BCUT2D eigenvalue weighted by Crippen LogP contribution is -1.90. The van der Waals surface area contributed by atoms with Crippen molar-refractivity contribution in [3.63, 3.8) is 0 Å². The van der Waals surface area contributed by atoms with E-state index in [0.29, 0.717) is 0 Å². The number of benzene rings is 3. The summed E-state index contributed by atoms with van der Waals surface area (Å²) in [5.74, 6) is 13.0. The van der Waals surface area contributed by atoms with Gasteiger partial charge in [0.25, 0.3) is 0 Å². The number of rotatable bonds is 0. The summed E-state index contributed by atoms with van der Waals surface area (Å²) in [5.41, 5.74) is 4.01. The quantitative estimate of drug-likeness (QED) is 0.414. The molecule has 0 fully saturated rings. The Morgan fingerprint density at radius 3 is 1.35 bits per heavy atom. The highest BCUT2D eigenvalue weighted by molar-refractivity contribution is 5.86. The summed E-state index contributed by atoms with van der Waals surface area (Å²) in [6.07, 6.45) is 0. The van der Waals surface area contributed by atoms with E-state index >= 15 is 0 Å². The normalized spacial score (nSPS) is 11.0. The molecule has 3 aromatic rings. The second-order valence-corrected chi connectivity index (χ2v) is 4.79. The van der Waals surface area contributed by atoms with Crippen molar-refractivity contribution in [3.05, 3.63) is 82.9 Å². The van der Waals surface area contributed by atoms with Gasteiger partial charge in [-0.15, -0.1) is 0 Å². The van der Waals surface area contributed by atoms with Crippen LogP contribution in [0, 0.1) is 23.7 Å². The van der Waals surface area contributed by atoms with Crippen LogP contribution in [0.5, 0.6) is 0 Å². The fourth-order valence-corrected chi connectivity index (χ4v) is 2.42. The van der Waals surface area contributed by atoms with Crippen molar-refractivity contribution >= 4 is 10.8 Å². The molecule has 1 aliphatic rings. The summed E-state index contributed by atoms with van der Waals surface area (Å²) in [5, 5.41) is 2.41. The molecule has 0 bridgehead atoms. The zero-order valence-corrected chi connectivity index (χ0v) is 10.8. The molecule has 0 aromatic heterocycles. The van der Waals surface area contributed by atoms with Crippen LogP contribution < -0.4 is 0 Å². The van der Waals surface area contributed by atoms with Gasteiger partial charge in [-0.2, -0.15) is 0 Å². The highest BCUT2D eigenvalue weighted by atomic mass is 14.1. The third-order valence-electron chi connectivity index (χ3n) is 3.48. The summed E-state index contributed by atoms with van der Waals surface area (Å²) in [6, 6.07) is 20.6. The van der Waals surface area contributed by atoms with Gasteiger partial charge < -0.3 is 0 Å². The Hall–Kier alpha value is -2.96. The van der Waals surface area contributed by atoms with Gasteiger partial charge >= 0.3 is 0 Å². The van der Waals surface area contributed by atoms with Gasteiger partial charge in [-0.1, -0.05) is 60.1 Å². The van der Waals surface area contributed by atoms with E-state index in [9.17, 15) is 0 Å². The first kappa shape index (κ1) is 10.9. The first-order chi connectivity index (χ1) is 9.90. The number of hydrogen-bond acceptors (Lipinski definition) is 0. The molecule has 0 spiro atoms. The molecule has 0 saturated heterocycles.